The lowest BCUT2D eigenvalue weighted by Gasteiger charge is -2.26. The Morgan fingerprint density at radius 3 is 2.52 bits per heavy atom. The van der Waals surface area contributed by atoms with Crippen molar-refractivity contribution in [3.63, 3.8) is 0 Å². The molecule has 0 radical (unpaired) electrons. The van der Waals surface area contributed by atoms with Crippen LogP contribution in [0.3, 0.4) is 0 Å². The first-order valence-corrected chi connectivity index (χ1v) is 10.9. The first-order chi connectivity index (χ1) is 11.7. The van der Waals surface area contributed by atoms with Gasteiger partial charge in [0, 0.05) is 12.0 Å². The Morgan fingerprint density at radius 2 is 1.88 bits per heavy atom. The minimum Gasteiger partial charge on any atom is -0.303 e. The molecule has 1 aliphatic heterocycles. The molecule has 8 nitrogen and oxygen atoms in total. The summed E-state index contributed by atoms with van der Waals surface area (Å²) in [6.07, 6.45) is 4.49. The third kappa shape index (κ3) is 6.28. The first-order valence-electron chi connectivity index (χ1n) is 8.55. The van der Waals surface area contributed by atoms with Crippen LogP contribution in [0.5, 0.6) is 0 Å². The number of likely N-dealkylation sites (tertiary alicyclic amines) is 1. The van der Waals surface area contributed by atoms with E-state index in [1.165, 1.54) is 19.3 Å². The van der Waals surface area contributed by atoms with Gasteiger partial charge >= 0.3 is 0 Å². The highest BCUT2D eigenvalue weighted by atomic mass is 32.2. The van der Waals surface area contributed by atoms with Crippen LogP contribution in [0.2, 0.25) is 0 Å². The third-order valence-corrected chi connectivity index (χ3v) is 6.60. The fourth-order valence-electron chi connectivity index (χ4n) is 2.41. The van der Waals surface area contributed by atoms with Crippen LogP contribution < -0.4 is 10.0 Å². The van der Waals surface area contributed by atoms with E-state index in [2.05, 4.69) is 25.1 Å². The lowest BCUT2D eigenvalue weighted by Crippen LogP contribution is -2.33. The van der Waals surface area contributed by atoms with Crippen molar-refractivity contribution in [2.75, 3.05) is 31.5 Å². The van der Waals surface area contributed by atoms with Gasteiger partial charge < -0.3 is 10.2 Å². The summed E-state index contributed by atoms with van der Waals surface area (Å²) in [5.41, 5.74) is -0.586. The number of carbonyl (C=O) groups is 1. The van der Waals surface area contributed by atoms with Crippen LogP contribution in [0.4, 0.5) is 5.13 Å². The number of rotatable bonds is 7. The van der Waals surface area contributed by atoms with E-state index >= 15 is 0 Å². The zero-order valence-electron chi connectivity index (χ0n) is 15.0. The molecule has 2 rings (SSSR count). The van der Waals surface area contributed by atoms with Crippen LogP contribution >= 0.6 is 11.3 Å². The van der Waals surface area contributed by atoms with Gasteiger partial charge in [-0.15, -0.1) is 10.2 Å². The summed E-state index contributed by atoms with van der Waals surface area (Å²) in [6, 6.07) is 0. The molecule has 0 aliphatic carbocycles. The average Bonchev–Trinajstić information content (AvgIpc) is 3.01. The second kappa shape index (κ2) is 8.52. The summed E-state index contributed by atoms with van der Waals surface area (Å²) in [7, 11) is -3.69. The van der Waals surface area contributed by atoms with Crippen LogP contribution in [0.1, 0.15) is 46.5 Å². The number of piperidine rings is 1. The minimum atomic E-state index is -3.69. The average molecular weight is 390 g/mol. The highest BCUT2D eigenvalue weighted by Crippen LogP contribution is 2.22. The standard InChI is InChI=1S/C15H27N5O3S2/c1-15(2,3)12(21)17-13-18-19-14(24-13)25(22,23)16-8-7-11-20-9-5-4-6-10-20/h16H,4-11H2,1-3H3,(H,17,18,21). The van der Waals surface area contributed by atoms with Gasteiger partial charge in [-0.3, -0.25) is 4.79 Å². The van der Waals surface area contributed by atoms with Crippen molar-refractivity contribution in [1.29, 1.82) is 0 Å². The monoisotopic (exact) mass is 389 g/mol. The van der Waals surface area contributed by atoms with E-state index in [1.54, 1.807) is 20.8 Å². The number of aromatic nitrogens is 2. The molecule has 1 saturated heterocycles. The van der Waals surface area contributed by atoms with E-state index in [1.807, 2.05) is 0 Å². The molecule has 1 aromatic heterocycles. The summed E-state index contributed by atoms with van der Waals surface area (Å²) in [6.45, 7) is 8.76. The summed E-state index contributed by atoms with van der Waals surface area (Å²) < 4.78 is 26.9. The molecule has 2 heterocycles. The van der Waals surface area contributed by atoms with Crippen molar-refractivity contribution in [3.8, 4) is 0 Å². The molecule has 25 heavy (non-hydrogen) atoms. The number of hydrogen-bond acceptors (Lipinski definition) is 7. The molecular weight excluding hydrogens is 362 g/mol. The summed E-state index contributed by atoms with van der Waals surface area (Å²) in [5, 5.41) is 10.2. The van der Waals surface area contributed by atoms with Crippen molar-refractivity contribution in [2.45, 2.75) is 50.8 Å². The molecule has 1 aromatic rings. The van der Waals surface area contributed by atoms with Gasteiger partial charge in [-0.1, -0.05) is 38.5 Å². The van der Waals surface area contributed by atoms with Crippen molar-refractivity contribution >= 4 is 32.4 Å². The highest BCUT2D eigenvalue weighted by molar-refractivity contribution is 7.91. The fraction of sp³-hybridized carbons (Fsp3) is 0.800. The molecule has 1 aliphatic rings. The second-order valence-corrected chi connectivity index (χ2v) is 10.1. The molecule has 10 heteroatoms. The van der Waals surface area contributed by atoms with Crippen molar-refractivity contribution in [1.82, 2.24) is 19.8 Å². The second-order valence-electron chi connectivity index (χ2n) is 7.23. The molecule has 142 valence electrons. The van der Waals surface area contributed by atoms with Crippen molar-refractivity contribution < 1.29 is 13.2 Å². The van der Waals surface area contributed by atoms with E-state index in [4.69, 9.17) is 0 Å². The van der Waals surface area contributed by atoms with Crippen LogP contribution in [0.15, 0.2) is 4.34 Å². The molecule has 0 saturated carbocycles. The maximum atomic E-state index is 12.2. The maximum Gasteiger partial charge on any atom is 0.269 e. The quantitative estimate of drug-likeness (QED) is 0.543. The lowest BCUT2D eigenvalue weighted by atomic mass is 9.96. The van der Waals surface area contributed by atoms with Gasteiger partial charge in [0.1, 0.15) is 0 Å². The lowest BCUT2D eigenvalue weighted by molar-refractivity contribution is -0.123. The van der Waals surface area contributed by atoms with E-state index in [-0.39, 0.29) is 15.4 Å². The largest absolute Gasteiger partial charge is 0.303 e. The van der Waals surface area contributed by atoms with Crippen molar-refractivity contribution in [3.05, 3.63) is 0 Å². The Bertz CT molecular complexity index is 676. The Balaban J connectivity index is 1.82. The minimum absolute atomic E-state index is 0.130. The number of amides is 1. The number of nitrogens with zero attached hydrogens (tertiary/aromatic N) is 3. The van der Waals surface area contributed by atoms with Gasteiger partial charge in [-0.25, -0.2) is 13.1 Å². The van der Waals surface area contributed by atoms with Crippen LogP contribution in [-0.2, 0) is 14.8 Å². The molecular formula is C15H27N5O3S2. The molecule has 1 fully saturated rings. The Kier molecular flexibility index (Phi) is 6.89. The van der Waals surface area contributed by atoms with Crippen LogP contribution in [0, 0.1) is 5.41 Å². The molecule has 0 bridgehead atoms. The van der Waals surface area contributed by atoms with Gasteiger partial charge in [-0.05, 0) is 38.9 Å². The fourth-order valence-corrected chi connectivity index (χ4v) is 4.42. The third-order valence-electron chi connectivity index (χ3n) is 3.93. The summed E-state index contributed by atoms with van der Waals surface area (Å²) in [5.74, 6) is -0.234. The number of carbonyl (C=O) groups excluding carboxylic acids is 1. The molecule has 0 unspecified atom stereocenters. The van der Waals surface area contributed by atoms with Crippen LogP contribution in [0.25, 0.3) is 0 Å². The smallest absolute Gasteiger partial charge is 0.269 e. The highest BCUT2D eigenvalue weighted by Gasteiger charge is 2.25. The van der Waals surface area contributed by atoms with E-state index in [0.717, 1.165) is 37.4 Å². The van der Waals surface area contributed by atoms with Gasteiger partial charge in [0.2, 0.25) is 15.4 Å². The van der Waals surface area contributed by atoms with E-state index in [9.17, 15) is 13.2 Å². The van der Waals surface area contributed by atoms with Gasteiger partial charge in [0.05, 0.1) is 0 Å². The van der Waals surface area contributed by atoms with E-state index in [0.29, 0.717) is 6.54 Å². The molecule has 0 spiro atoms. The number of anilines is 1. The molecule has 0 aromatic carbocycles. The topological polar surface area (TPSA) is 104 Å². The molecule has 1 amide bonds. The van der Waals surface area contributed by atoms with E-state index < -0.39 is 15.4 Å². The number of hydrogen-bond donors (Lipinski definition) is 2. The van der Waals surface area contributed by atoms with Gasteiger partial charge in [-0.2, -0.15) is 0 Å². The zero-order valence-corrected chi connectivity index (χ0v) is 16.7. The summed E-state index contributed by atoms with van der Waals surface area (Å²) in [4.78, 5) is 14.3. The Labute approximate surface area is 153 Å². The molecule has 0 atom stereocenters. The van der Waals surface area contributed by atoms with Gasteiger partial charge in [0.25, 0.3) is 10.0 Å². The SMILES string of the molecule is CC(C)(C)C(=O)Nc1nnc(S(=O)(=O)NCCCN2CCCCC2)s1. The van der Waals surface area contributed by atoms with Crippen molar-refractivity contribution in [2.24, 2.45) is 5.41 Å². The zero-order chi connectivity index (χ0) is 18.5. The predicted molar refractivity (Wildman–Crippen MR) is 98.1 cm³/mol. The summed E-state index contributed by atoms with van der Waals surface area (Å²) >= 11 is 0.855. The number of nitrogens with one attached hydrogen (secondary N) is 2. The predicted octanol–water partition coefficient (Wildman–Crippen LogP) is 1.68. The van der Waals surface area contributed by atoms with Gasteiger partial charge in [0.15, 0.2) is 0 Å². The number of sulfonamides is 1. The first kappa shape index (κ1) is 20.2. The van der Waals surface area contributed by atoms with Crippen LogP contribution in [-0.4, -0.2) is 55.6 Å². The normalized spacial score (nSPS) is 16.8. The Morgan fingerprint density at radius 1 is 1.20 bits per heavy atom. The maximum absolute atomic E-state index is 12.2. The molecule has 2 N–H and O–H groups in total. The Hall–Kier alpha value is -1.10.